The zero-order valence-corrected chi connectivity index (χ0v) is 10.9. The van der Waals surface area contributed by atoms with Gasteiger partial charge in [-0.05, 0) is 18.3 Å². The van der Waals surface area contributed by atoms with Gasteiger partial charge in [-0.3, -0.25) is 0 Å². The first-order valence-electron chi connectivity index (χ1n) is 5.98. The van der Waals surface area contributed by atoms with E-state index in [1.54, 1.807) is 4.90 Å². The quantitative estimate of drug-likeness (QED) is 0.784. The molecule has 0 saturated carbocycles. The topological polar surface area (TPSA) is 41.6 Å². The van der Waals surface area contributed by atoms with Crippen molar-refractivity contribution in [2.75, 3.05) is 26.7 Å². The van der Waals surface area contributed by atoms with Crippen LogP contribution in [0.1, 0.15) is 33.6 Å². The van der Waals surface area contributed by atoms with Crippen LogP contribution in [0.2, 0.25) is 0 Å². The highest BCUT2D eigenvalue weighted by Crippen LogP contribution is 2.15. The number of hydrogen-bond donors (Lipinski definition) is 1. The van der Waals surface area contributed by atoms with E-state index in [0.29, 0.717) is 6.04 Å². The normalized spacial score (nSPS) is 22.0. The average molecular weight is 228 g/mol. The zero-order chi connectivity index (χ0) is 12.2. The van der Waals surface area contributed by atoms with Crippen molar-refractivity contribution >= 4 is 6.09 Å². The Bertz CT molecular complexity index is 236. The van der Waals surface area contributed by atoms with Crippen LogP contribution in [0.3, 0.4) is 0 Å². The molecule has 0 aromatic heterocycles. The lowest BCUT2D eigenvalue weighted by molar-refractivity contribution is 0.106. The van der Waals surface area contributed by atoms with E-state index in [4.69, 9.17) is 4.74 Å². The number of likely N-dealkylation sites (tertiary alicyclic amines) is 1. The number of piperidine rings is 1. The van der Waals surface area contributed by atoms with Crippen LogP contribution in [0.5, 0.6) is 0 Å². The lowest BCUT2D eigenvalue weighted by atomic mass is 9.95. The Morgan fingerprint density at radius 1 is 1.50 bits per heavy atom. The first kappa shape index (κ1) is 13.3. The van der Waals surface area contributed by atoms with Gasteiger partial charge in [0, 0.05) is 25.7 Å². The number of ether oxygens (including phenoxy) is 1. The van der Waals surface area contributed by atoms with Gasteiger partial charge in [-0.1, -0.05) is 20.8 Å². The summed E-state index contributed by atoms with van der Waals surface area (Å²) in [7, 11) is 1.44. The van der Waals surface area contributed by atoms with E-state index < -0.39 is 0 Å². The van der Waals surface area contributed by atoms with Crippen LogP contribution in [0.15, 0.2) is 0 Å². The first-order chi connectivity index (χ1) is 7.42. The highest BCUT2D eigenvalue weighted by molar-refractivity contribution is 5.67. The van der Waals surface area contributed by atoms with Gasteiger partial charge >= 0.3 is 6.09 Å². The molecule has 0 unspecified atom stereocenters. The van der Waals surface area contributed by atoms with Gasteiger partial charge in [-0.15, -0.1) is 0 Å². The molecule has 1 saturated heterocycles. The van der Waals surface area contributed by atoms with E-state index >= 15 is 0 Å². The number of amides is 1. The van der Waals surface area contributed by atoms with Gasteiger partial charge in [-0.25, -0.2) is 4.79 Å². The second kappa shape index (κ2) is 5.53. The Hall–Kier alpha value is -0.770. The lowest BCUT2D eigenvalue weighted by Gasteiger charge is -2.33. The Morgan fingerprint density at radius 3 is 2.75 bits per heavy atom. The summed E-state index contributed by atoms with van der Waals surface area (Å²) < 4.78 is 4.74. The predicted octanol–water partition coefficient (Wildman–Crippen LogP) is 1.85. The minimum atomic E-state index is -0.206. The molecule has 94 valence electrons. The minimum absolute atomic E-state index is 0.206. The van der Waals surface area contributed by atoms with Crippen LogP contribution >= 0.6 is 0 Å². The SMILES string of the molecule is COC(=O)N1CCC[C@H](NCC(C)(C)C)C1. The van der Waals surface area contributed by atoms with Crippen molar-refractivity contribution < 1.29 is 9.53 Å². The number of rotatable bonds is 2. The molecule has 4 heteroatoms. The third kappa shape index (κ3) is 4.39. The third-order valence-electron chi connectivity index (χ3n) is 2.78. The lowest BCUT2D eigenvalue weighted by Crippen LogP contribution is -2.49. The van der Waals surface area contributed by atoms with Crippen LogP contribution in [0.25, 0.3) is 0 Å². The maximum absolute atomic E-state index is 11.4. The maximum atomic E-state index is 11.4. The van der Waals surface area contributed by atoms with Crippen molar-refractivity contribution in [3.05, 3.63) is 0 Å². The molecule has 0 spiro atoms. The van der Waals surface area contributed by atoms with Gasteiger partial charge in [0.2, 0.25) is 0 Å². The Kier molecular flexibility index (Phi) is 4.59. The largest absolute Gasteiger partial charge is 0.453 e. The highest BCUT2D eigenvalue weighted by atomic mass is 16.5. The van der Waals surface area contributed by atoms with E-state index in [1.165, 1.54) is 7.11 Å². The summed E-state index contributed by atoms with van der Waals surface area (Å²) in [5.41, 5.74) is 0.285. The number of carbonyl (C=O) groups excluding carboxylic acids is 1. The summed E-state index contributed by atoms with van der Waals surface area (Å²) in [6, 6.07) is 0.409. The molecule has 1 atom stereocenters. The Labute approximate surface area is 98.3 Å². The average Bonchev–Trinajstić information content (AvgIpc) is 2.25. The van der Waals surface area contributed by atoms with Crippen LogP contribution in [0.4, 0.5) is 4.79 Å². The summed E-state index contributed by atoms with van der Waals surface area (Å²) in [4.78, 5) is 13.2. The van der Waals surface area contributed by atoms with E-state index in [9.17, 15) is 4.79 Å². The van der Waals surface area contributed by atoms with E-state index in [2.05, 4.69) is 26.1 Å². The molecule has 1 fully saturated rings. The molecule has 0 aromatic carbocycles. The van der Waals surface area contributed by atoms with Crippen molar-refractivity contribution in [3.63, 3.8) is 0 Å². The van der Waals surface area contributed by atoms with Gasteiger partial charge in [-0.2, -0.15) is 0 Å². The number of carbonyl (C=O) groups is 1. The fourth-order valence-electron chi connectivity index (χ4n) is 1.89. The second-order valence-corrected chi connectivity index (χ2v) is 5.70. The Morgan fingerprint density at radius 2 is 2.19 bits per heavy atom. The minimum Gasteiger partial charge on any atom is -0.453 e. The van der Waals surface area contributed by atoms with Crippen molar-refractivity contribution in [1.82, 2.24) is 10.2 Å². The third-order valence-corrected chi connectivity index (χ3v) is 2.78. The van der Waals surface area contributed by atoms with Crippen LogP contribution < -0.4 is 5.32 Å². The molecule has 0 radical (unpaired) electrons. The van der Waals surface area contributed by atoms with Gasteiger partial charge in [0.15, 0.2) is 0 Å². The van der Waals surface area contributed by atoms with Crippen molar-refractivity contribution in [2.24, 2.45) is 5.41 Å². The predicted molar refractivity (Wildman–Crippen MR) is 64.5 cm³/mol. The summed E-state index contributed by atoms with van der Waals surface area (Å²) in [6.07, 6.45) is 1.99. The molecule has 1 heterocycles. The maximum Gasteiger partial charge on any atom is 0.409 e. The fourth-order valence-corrected chi connectivity index (χ4v) is 1.89. The van der Waals surface area contributed by atoms with Gasteiger partial charge < -0.3 is 15.0 Å². The van der Waals surface area contributed by atoms with E-state index in [-0.39, 0.29) is 11.5 Å². The van der Waals surface area contributed by atoms with Gasteiger partial charge in [0.1, 0.15) is 0 Å². The van der Waals surface area contributed by atoms with Crippen molar-refractivity contribution in [2.45, 2.75) is 39.7 Å². The number of nitrogens with zero attached hydrogens (tertiary/aromatic N) is 1. The molecule has 16 heavy (non-hydrogen) atoms. The van der Waals surface area contributed by atoms with Crippen molar-refractivity contribution in [3.8, 4) is 0 Å². The second-order valence-electron chi connectivity index (χ2n) is 5.70. The molecule has 1 rings (SSSR count). The molecule has 1 aliphatic heterocycles. The van der Waals surface area contributed by atoms with E-state index in [0.717, 1.165) is 32.5 Å². The molecule has 1 amide bonds. The molecule has 4 nitrogen and oxygen atoms in total. The molecule has 0 aromatic rings. The number of methoxy groups -OCH3 is 1. The molecule has 0 aliphatic carbocycles. The van der Waals surface area contributed by atoms with Crippen LogP contribution in [0, 0.1) is 5.41 Å². The monoisotopic (exact) mass is 228 g/mol. The van der Waals surface area contributed by atoms with Gasteiger partial charge in [0.05, 0.1) is 7.11 Å². The van der Waals surface area contributed by atoms with Crippen LogP contribution in [-0.2, 0) is 4.74 Å². The standard InChI is InChI=1S/C12H24N2O2/c1-12(2,3)9-13-10-6-5-7-14(8-10)11(15)16-4/h10,13H,5-9H2,1-4H3/t10-/m0/s1. The number of hydrogen-bond acceptors (Lipinski definition) is 3. The highest BCUT2D eigenvalue weighted by Gasteiger charge is 2.24. The summed E-state index contributed by atoms with van der Waals surface area (Å²) >= 11 is 0. The molecule has 1 N–H and O–H groups in total. The smallest absolute Gasteiger partial charge is 0.409 e. The number of nitrogens with one attached hydrogen (secondary N) is 1. The fraction of sp³-hybridized carbons (Fsp3) is 0.917. The van der Waals surface area contributed by atoms with Gasteiger partial charge in [0.25, 0.3) is 0 Å². The van der Waals surface area contributed by atoms with Crippen LogP contribution in [-0.4, -0.2) is 43.8 Å². The molecule has 1 aliphatic rings. The summed E-state index contributed by atoms with van der Waals surface area (Å²) in [5.74, 6) is 0. The first-order valence-corrected chi connectivity index (χ1v) is 5.98. The summed E-state index contributed by atoms with van der Waals surface area (Å²) in [6.45, 7) is 9.19. The molecular weight excluding hydrogens is 204 g/mol. The molecular formula is C12H24N2O2. The Balaban J connectivity index is 2.36. The zero-order valence-electron chi connectivity index (χ0n) is 10.9. The van der Waals surface area contributed by atoms with E-state index in [1.807, 2.05) is 0 Å². The molecule has 0 bridgehead atoms. The summed E-state index contributed by atoms with van der Waals surface area (Å²) in [5, 5.41) is 3.52. The van der Waals surface area contributed by atoms with Crippen molar-refractivity contribution in [1.29, 1.82) is 0 Å².